The number of carboxylic acid groups (broad SMARTS) is 1. The van der Waals surface area contributed by atoms with E-state index in [4.69, 9.17) is 5.11 Å². The zero-order chi connectivity index (χ0) is 10.8. The Bertz CT molecular complexity index is 244. The highest BCUT2D eigenvalue weighted by atomic mass is 16.5. The molecule has 0 spiro atoms. The van der Waals surface area contributed by atoms with E-state index < -0.39 is 17.7 Å². The van der Waals surface area contributed by atoms with Gasteiger partial charge < -0.3 is 19.8 Å². The Labute approximate surface area is 81.1 Å². The number of methoxy groups -OCH3 is 1. The average Bonchev–Trinajstić information content (AvgIpc) is 2.17. The molecule has 1 heterocycles. The quantitative estimate of drug-likeness (QED) is 0.569. The monoisotopic (exact) mass is 203 g/mol. The van der Waals surface area contributed by atoms with Crippen molar-refractivity contribution >= 4 is 12.1 Å². The summed E-state index contributed by atoms with van der Waals surface area (Å²) < 4.78 is 4.43. The number of aliphatic hydroxyl groups is 1. The van der Waals surface area contributed by atoms with Crippen molar-refractivity contribution in [2.45, 2.75) is 18.4 Å². The molecule has 0 radical (unpaired) electrons. The summed E-state index contributed by atoms with van der Waals surface area (Å²) in [7, 11) is 1.20. The molecule has 2 N–H and O–H groups in total. The van der Waals surface area contributed by atoms with Crippen molar-refractivity contribution in [1.82, 2.24) is 4.90 Å². The van der Waals surface area contributed by atoms with Crippen LogP contribution in [0.2, 0.25) is 0 Å². The average molecular weight is 203 g/mol. The highest BCUT2D eigenvalue weighted by Gasteiger charge is 2.41. The van der Waals surface area contributed by atoms with E-state index in [0.717, 1.165) is 4.90 Å². The molecule has 6 heteroatoms. The molecule has 6 nitrogen and oxygen atoms in total. The van der Waals surface area contributed by atoms with Crippen molar-refractivity contribution < 1.29 is 24.5 Å². The number of amides is 1. The smallest absolute Gasteiger partial charge is 0.407 e. The fraction of sp³-hybridized carbons (Fsp3) is 0.750. The van der Waals surface area contributed by atoms with Crippen LogP contribution in [0.3, 0.4) is 0 Å². The molecule has 80 valence electrons. The van der Waals surface area contributed by atoms with Crippen molar-refractivity contribution in [3.63, 3.8) is 0 Å². The van der Waals surface area contributed by atoms with Crippen LogP contribution in [0, 0.1) is 0 Å². The SMILES string of the molecule is COC(=O)C1(O)CCN(C(=O)O)CC1. The van der Waals surface area contributed by atoms with Crippen molar-refractivity contribution in [1.29, 1.82) is 0 Å². The van der Waals surface area contributed by atoms with Gasteiger partial charge in [-0.1, -0.05) is 0 Å². The van der Waals surface area contributed by atoms with Crippen molar-refractivity contribution in [3.05, 3.63) is 0 Å². The zero-order valence-electron chi connectivity index (χ0n) is 7.89. The van der Waals surface area contributed by atoms with E-state index in [1.807, 2.05) is 0 Å². The Morgan fingerprint density at radius 3 is 2.21 bits per heavy atom. The molecule has 0 unspecified atom stereocenters. The Balaban J connectivity index is 2.57. The van der Waals surface area contributed by atoms with E-state index in [-0.39, 0.29) is 25.9 Å². The van der Waals surface area contributed by atoms with Gasteiger partial charge in [-0.25, -0.2) is 9.59 Å². The second-order valence-corrected chi connectivity index (χ2v) is 3.29. The van der Waals surface area contributed by atoms with Crippen LogP contribution in [0.4, 0.5) is 4.79 Å². The highest BCUT2D eigenvalue weighted by Crippen LogP contribution is 2.23. The lowest BCUT2D eigenvalue weighted by atomic mass is 9.92. The number of carbonyl (C=O) groups is 2. The van der Waals surface area contributed by atoms with Gasteiger partial charge in [0.2, 0.25) is 0 Å². The first kappa shape index (κ1) is 10.8. The largest absolute Gasteiger partial charge is 0.467 e. The molecule has 0 aromatic heterocycles. The van der Waals surface area contributed by atoms with E-state index in [2.05, 4.69) is 4.74 Å². The second kappa shape index (κ2) is 3.83. The molecular weight excluding hydrogens is 190 g/mol. The van der Waals surface area contributed by atoms with Crippen LogP contribution in [-0.4, -0.2) is 53.0 Å². The first-order chi connectivity index (χ1) is 6.49. The molecule has 0 bridgehead atoms. The predicted octanol–water partition coefficient (Wildman–Crippen LogP) is -0.336. The third kappa shape index (κ3) is 1.95. The lowest BCUT2D eigenvalue weighted by molar-refractivity contribution is -0.166. The van der Waals surface area contributed by atoms with Gasteiger partial charge in [-0.3, -0.25) is 0 Å². The molecule has 14 heavy (non-hydrogen) atoms. The summed E-state index contributed by atoms with van der Waals surface area (Å²) in [6.45, 7) is 0.307. The summed E-state index contributed by atoms with van der Waals surface area (Å²) in [5.41, 5.74) is -1.51. The van der Waals surface area contributed by atoms with Gasteiger partial charge >= 0.3 is 12.1 Å². The van der Waals surface area contributed by atoms with Crippen LogP contribution in [0.1, 0.15) is 12.8 Å². The van der Waals surface area contributed by atoms with Crippen LogP contribution in [0.25, 0.3) is 0 Å². The standard InChI is InChI=1S/C8H13NO5/c1-14-6(10)8(13)2-4-9(5-3-8)7(11)12/h13H,2-5H2,1H3,(H,11,12). The molecule has 1 aliphatic heterocycles. The van der Waals surface area contributed by atoms with E-state index in [1.54, 1.807) is 0 Å². The lowest BCUT2D eigenvalue weighted by Gasteiger charge is -2.34. The summed E-state index contributed by atoms with van der Waals surface area (Å²) >= 11 is 0. The number of carbonyl (C=O) groups excluding carboxylic acids is 1. The van der Waals surface area contributed by atoms with Crippen LogP contribution in [0.15, 0.2) is 0 Å². The van der Waals surface area contributed by atoms with Gasteiger partial charge in [0.15, 0.2) is 5.60 Å². The molecule has 0 aromatic rings. The molecule has 1 aliphatic rings. The normalized spacial score (nSPS) is 20.3. The predicted molar refractivity (Wildman–Crippen MR) is 45.8 cm³/mol. The Morgan fingerprint density at radius 1 is 1.36 bits per heavy atom. The van der Waals surface area contributed by atoms with E-state index >= 15 is 0 Å². The molecule has 1 saturated heterocycles. The van der Waals surface area contributed by atoms with Crippen LogP contribution in [-0.2, 0) is 9.53 Å². The minimum Gasteiger partial charge on any atom is -0.467 e. The minimum absolute atomic E-state index is 0.0893. The maximum absolute atomic E-state index is 11.1. The Kier molecular flexibility index (Phi) is 2.95. The van der Waals surface area contributed by atoms with Crippen LogP contribution < -0.4 is 0 Å². The summed E-state index contributed by atoms with van der Waals surface area (Å²) in [5, 5.41) is 18.4. The number of hydrogen-bond acceptors (Lipinski definition) is 4. The number of likely N-dealkylation sites (tertiary alicyclic amines) is 1. The van der Waals surface area contributed by atoms with Gasteiger partial charge in [-0.2, -0.15) is 0 Å². The van der Waals surface area contributed by atoms with Gasteiger partial charge in [0, 0.05) is 25.9 Å². The topological polar surface area (TPSA) is 87.1 Å². The number of piperidine rings is 1. The number of nitrogens with zero attached hydrogens (tertiary/aromatic N) is 1. The second-order valence-electron chi connectivity index (χ2n) is 3.29. The molecule has 1 amide bonds. The third-order valence-corrected chi connectivity index (χ3v) is 2.43. The highest BCUT2D eigenvalue weighted by molar-refractivity contribution is 5.79. The molecule has 0 aliphatic carbocycles. The minimum atomic E-state index is -1.51. The van der Waals surface area contributed by atoms with E-state index in [9.17, 15) is 14.7 Å². The molecule has 1 rings (SSSR count). The lowest BCUT2D eigenvalue weighted by Crippen LogP contribution is -2.51. The van der Waals surface area contributed by atoms with Crippen molar-refractivity contribution in [2.24, 2.45) is 0 Å². The molecule has 1 fully saturated rings. The first-order valence-electron chi connectivity index (χ1n) is 4.28. The maximum atomic E-state index is 11.1. The number of esters is 1. The summed E-state index contributed by atoms with van der Waals surface area (Å²) in [6, 6.07) is 0. The number of hydrogen-bond donors (Lipinski definition) is 2. The van der Waals surface area contributed by atoms with Gasteiger partial charge in [0.05, 0.1) is 7.11 Å². The van der Waals surface area contributed by atoms with Gasteiger partial charge in [0.1, 0.15) is 0 Å². The van der Waals surface area contributed by atoms with Gasteiger partial charge in [-0.15, -0.1) is 0 Å². The van der Waals surface area contributed by atoms with Crippen LogP contribution in [0.5, 0.6) is 0 Å². The number of ether oxygens (including phenoxy) is 1. The molecule has 0 aromatic carbocycles. The number of rotatable bonds is 1. The fourth-order valence-electron chi connectivity index (χ4n) is 1.46. The first-order valence-corrected chi connectivity index (χ1v) is 4.28. The van der Waals surface area contributed by atoms with Crippen LogP contribution >= 0.6 is 0 Å². The van der Waals surface area contributed by atoms with E-state index in [1.165, 1.54) is 7.11 Å². The maximum Gasteiger partial charge on any atom is 0.407 e. The molecule has 0 atom stereocenters. The van der Waals surface area contributed by atoms with Gasteiger partial charge in [0.25, 0.3) is 0 Å². The molecular formula is C8H13NO5. The van der Waals surface area contributed by atoms with Gasteiger partial charge in [-0.05, 0) is 0 Å². The Morgan fingerprint density at radius 2 is 1.86 bits per heavy atom. The summed E-state index contributed by atoms with van der Waals surface area (Å²) in [5.74, 6) is -0.692. The van der Waals surface area contributed by atoms with Crippen molar-refractivity contribution in [3.8, 4) is 0 Å². The molecule has 0 saturated carbocycles. The van der Waals surface area contributed by atoms with Crippen molar-refractivity contribution in [2.75, 3.05) is 20.2 Å². The summed E-state index contributed by atoms with van der Waals surface area (Å²) in [6.07, 6.45) is -0.852. The fourth-order valence-corrected chi connectivity index (χ4v) is 1.46. The van der Waals surface area contributed by atoms with E-state index in [0.29, 0.717) is 0 Å². The third-order valence-electron chi connectivity index (χ3n) is 2.43. The summed E-state index contributed by atoms with van der Waals surface area (Å²) in [4.78, 5) is 22.8. The Hall–Kier alpha value is -1.30. The zero-order valence-corrected chi connectivity index (χ0v) is 7.89.